The third-order valence-electron chi connectivity index (χ3n) is 3.53. The fourth-order valence-electron chi connectivity index (χ4n) is 2.40. The molecule has 7 heteroatoms. The van der Waals surface area contributed by atoms with Gasteiger partial charge in [0.2, 0.25) is 11.8 Å². The Balaban J connectivity index is 2.14. The highest BCUT2D eigenvalue weighted by atomic mass is 35.5. The lowest BCUT2D eigenvalue weighted by Crippen LogP contribution is -2.13. The number of halogens is 1. The summed E-state index contributed by atoms with van der Waals surface area (Å²) in [6.45, 7) is 5.26. The van der Waals surface area contributed by atoms with Gasteiger partial charge in [-0.2, -0.15) is 0 Å². The number of anilines is 2. The van der Waals surface area contributed by atoms with E-state index in [0.29, 0.717) is 27.9 Å². The highest BCUT2D eigenvalue weighted by Crippen LogP contribution is 2.29. The zero-order chi connectivity index (χ0) is 20.7. The normalized spacial score (nSPS) is 10.8. The molecule has 0 bridgehead atoms. The molecular formula is C21H23ClN2O4. The molecule has 0 heterocycles. The lowest BCUT2D eigenvalue weighted by molar-refractivity contribution is -0.114. The number of benzene rings is 2. The van der Waals surface area contributed by atoms with Crippen LogP contribution in [0.15, 0.2) is 42.5 Å². The van der Waals surface area contributed by atoms with Crippen LogP contribution < -0.4 is 20.1 Å². The standard InChI is InChI=1S/C21H23ClN2O4/c1-13(2)28-19-9-5-15(11-20(19)27-4)6-10-21(26)24-18-12-16(22)7-8-17(18)23-14(3)25/h5-13H,1-4H3,(H,23,25)(H,24,26). The zero-order valence-corrected chi connectivity index (χ0v) is 17.0. The van der Waals surface area contributed by atoms with Gasteiger partial charge < -0.3 is 20.1 Å². The minimum absolute atomic E-state index is 0.0246. The molecular weight excluding hydrogens is 380 g/mol. The number of methoxy groups -OCH3 is 1. The zero-order valence-electron chi connectivity index (χ0n) is 16.2. The fourth-order valence-corrected chi connectivity index (χ4v) is 2.58. The number of carbonyl (C=O) groups is 2. The Labute approximate surface area is 169 Å². The second-order valence-corrected chi connectivity index (χ2v) is 6.71. The van der Waals surface area contributed by atoms with E-state index in [1.165, 1.54) is 13.0 Å². The molecule has 6 nitrogen and oxygen atoms in total. The summed E-state index contributed by atoms with van der Waals surface area (Å²) in [7, 11) is 1.56. The Morgan fingerprint density at radius 3 is 2.43 bits per heavy atom. The van der Waals surface area contributed by atoms with Crippen molar-refractivity contribution in [1.29, 1.82) is 0 Å². The molecule has 0 aromatic heterocycles. The van der Waals surface area contributed by atoms with E-state index in [1.807, 2.05) is 19.9 Å². The van der Waals surface area contributed by atoms with Crippen molar-refractivity contribution in [3.05, 3.63) is 53.1 Å². The largest absolute Gasteiger partial charge is 0.493 e. The number of hydrogen-bond acceptors (Lipinski definition) is 4. The second-order valence-electron chi connectivity index (χ2n) is 6.27. The van der Waals surface area contributed by atoms with Crippen molar-refractivity contribution in [2.45, 2.75) is 26.9 Å². The van der Waals surface area contributed by atoms with E-state index in [2.05, 4.69) is 10.6 Å². The van der Waals surface area contributed by atoms with Crippen LogP contribution in [0.2, 0.25) is 5.02 Å². The summed E-state index contributed by atoms with van der Waals surface area (Å²) in [5, 5.41) is 5.81. The molecule has 2 N–H and O–H groups in total. The van der Waals surface area contributed by atoms with Crippen molar-refractivity contribution < 1.29 is 19.1 Å². The molecule has 0 aliphatic heterocycles. The maximum atomic E-state index is 12.3. The Morgan fingerprint density at radius 2 is 1.79 bits per heavy atom. The van der Waals surface area contributed by atoms with Gasteiger partial charge in [-0.1, -0.05) is 17.7 Å². The second kappa shape index (κ2) is 9.80. The van der Waals surface area contributed by atoms with Gasteiger partial charge in [-0.3, -0.25) is 9.59 Å². The summed E-state index contributed by atoms with van der Waals surface area (Å²) in [4.78, 5) is 23.6. The first-order valence-electron chi connectivity index (χ1n) is 8.69. The first kappa shape index (κ1) is 21.3. The van der Waals surface area contributed by atoms with Crippen LogP contribution in [-0.2, 0) is 9.59 Å². The fraction of sp³-hybridized carbons (Fsp3) is 0.238. The number of ether oxygens (including phenoxy) is 2. The minimum atomic E-state index is -0.365. The molecule has 148 valence electrons. The van der Waals surface area contributed by atoms with Crippen LogP contribution in [0.4, 0.5) is 11.4 Å². The lowest BCUT2D eigenvalue weighted by Gasteiger charge is -2.13. The van der Waals surface area contributed by atoms with E-state index in [9.17, 15) is 9.59 Å². The maximum Gasteiger partial charge on any atom is 0.248 e. The Morgan fingerprint density at radius 1 is 1.04 bits per heavy atom. The number of nitrogens with one attached hydrogen (secondary N) is 2. The summed E-state index contributed by atoms with van der Waals surface area (Å²) in [6.07, 6.45) is 3.06. The first-order valence-corrected chi connectivity index (χ1v) is 9.07. The molecule has 0 fully saturated rings. The van der Waals surface area contributed by atoms with E-state index in [4.69, 9.17) is 21.1 Å². The van der Waals surface area contributed by atoms with E-state index in [1.54, 1.807) is 43.5 Å². The van der Waals surface area contributed by atoms with Crippen molar-refractivity contribution >= 4 is 40.9 Å². The van der Waals surface area contributed by atoms with Crippen molar-refractivity contribution in [1.82, 2.24) is 0 Å². The van der Waals surface area contributed by atoms with Gasteiger partial charge in [0, 0.05) is 18.0 Å². The van der Waals surface area contributed by atoms with Gasteiger partial charge in [0.05, 0.1) is 24.6 Å². The quantitative estimate of drug-likeness (QED) is 0.655. The van der Waals surface area contributed by atoms with Gasteiger partial charge in [-0.25, -0.2) is 0 Å². The van der Waals surface area contributed by atoms with Crippen molar-refractivity contribution in [3.63, 3.8) is 0 Å². The van der Waals surface area contributed by atoms with Crippen LogP contribution in [0.1, 0.15) is 26.3 Å². The number of hydrogen-bond donors (Lipinski definition) is 2. The molecule has 0 saturated carbocycles. The molecule has 0 spiro atoms. The van der Waals surface area contributed by atoms with Crippen LogP contribution >= 0.6 is 11.6 Å². The van der Waals surface area contributed by atoms with Crippen LogP contribution in [0.3, 0.4) is 0 Å². The summed E-state index contributed by atoms with van der Waals surface area (Å²) in [5.41, 5.74) is 1.66. The molecule has 0 aliphatic rings. The van der Waals surface area contributed by atoms with Crippen LogP contribution in [0.25, 0.3) is 6.08 Å². The molecule has 2 amide bonds. The smallest absolute Gasteiger partial charge is 0.248 e. The third-order valence-corrected chi connectivity index (χ3v) is 3.76. The van der Waals surface area contributed by atoms with E-state index < -0.39 is 0 Å². The summed E-state index contributed by atoms with van der Waals surface area (Å²) in [6, 6.07) is 10.2. The molecule has 2 aromatic carbocycles. The summed E-state index contributed by atoms with van der Waals surface area (Å²) >= 11 is 5.99. The number of carbonyl (C=O) groups excluding carboxylic acids is 2. The molecule has 0 atom stereocenters. The molecule has 0 saturated heterocycles. The van der Waals surface area contributed by atoms with Gasteiger partial charge in [-0.15, -0.1) is 0 Å². The SMILES string of the molecule is COc1cc(C=CC(=O)Nc2cc(Cl)ccc2NC(C)=O)ccc1OC(C)C. The lowest BCUT2D eigenvalue weighted by atomic mass is 10.2. The molecule has 2 aromatic rings. The molecule has 0 unspecified atom stereocenters. The summed E-state index contributed by atoms with van der Waals surface area (Å²) < 4.78 is 11.0. The van der Waals surface area contributed by atoms with E-state index in [0.717, 1.165) is 5.56 Å². The molecule has 2 rings (SSSR count). The average Bonchev–Trinajstić information content (AvgIpc) is 2.62. The van der Waals surface area contributed by atoms with Crippen LogP contribution in [0.5, 0.6) is 11.5 Å². The third kappa shape index (κ3) is 6.32. The highest BCUT2D eigenvalue weighted by molar-refractivity contribution is 6.31. The van der Waals surface area contributed by atoms with Gasteiger partial charge in [0.1, 0.15) is 0 Å². The Kier molecular flexibility index (Phi) is 7.46. The predicted octanol–water partition coefficient (Wildman–Crippen LogP) is 4.75. The van der Waals surface area contributed by atoms with Crippen LogP contribution in [0, 0.1) is 0 Å². The Hall–Kier alpha value is -2.99. The van der Waals surface area contributed by atoms with Crippen LogP contribution in [-0.4, -0.2) is 25.0 Å². The van der Waals surface area contributed by atoms with Gasteiger partial charge in [0.15, 0.2) is 11.5 Å². The average molecular weight is 403 g/mol. The summed E-state index contributed by atoms with van der Waals surface area (Å²) in [5.74, 6) is 0.608. The van der Waals surface area contributed by atoms with E-state index in [-0.39, 0.29) is 17.9 Å². The van der Waals surface area contributed by atoms with Crippen molar-refractivity contribution in [2.24, 2.45) is 0 Å². The topological polar surface area (TPSA) is 76.7 Å². The molecule has 28 heavy (non-hydrogen) atoms. The van der Waals surface area contributed by atoms with E-state index >= 15 is 0 Å². The monoisotopic (exact) mass is 402 g/mol. The molecule has 0 radical (unpaired) electrons. The number of rotatable bonds is 7. The van der Waals surface area contributed by atoms with Gasteiger partial charge >= 0.3 is 0 Å². The minimum Gasteiger partial charge on any atom is -0.493 e. The first-order chi connectivity index (χ1) is 13.3. The predicted molar refractivity (Wildman–Crippen MR) is 112 cm³/mol. The van der Waals surface area contributed by atoms with Crippen molar-refractivity contribution in [2.75, 3.05) is 17.7 Å². The van der Waals surface area contributed by atoms with Gasteiger partial charge in [-0.05, 0) is 55.8 Å². The molecule has 0 aliphatic carbocycles. The highest BCUT2D eigenvalue weighted by Gasteiger charge is 2.09. The van der Waals surface area contributed by atoms with Gasteiger partial charge in [0.25, 0.3) is 0 Å². The Bertz CT molecular complexity index is 894. The maximum absolute atomic E-state index is 12.3. The van der Waals surface area contributed by atoms with Crippen molar-refractivity contribution in [3.8, 4) is 11.5 Å². The number of amides is 2.